The molecule has 4 amide bonds. The molecule has 0 radical (unpaired) electrons. The van der Waals surface area contributed by atoms with Gasteiger partial charge in [0.2, 0.25) is 17.7 Å². The molecule has 5 spiro atoms. The summed E-state index contributed by atoms with van der Waals surface area (Å²) in [6.07, 6.45) is 11.6. The van der Waals surface area contributed by atoms with E-state index >= 15 is 24.4 Å². The molecular formula is C52H56N6O7. The quantitative estimate of drug-likeness (QED) is 0.273. The maximum Gasteiger partial charge on any atom is 0.251 e. The number of fused-ring (bicyclic) bond motifs is 10. The molecule has 12 aliphatic heterocycles. The van der Waals surface area contributed by atoms with Crippen LogP contribution in [0.4, 0.5) is 5.69 Å². The van der Waals surface area contributed by atoms with Crippen LogP contribution >= 0.6 is 0 Å². The molecule has 14 aliphatic rings. The van der Waals surface area contributed by atoms with Crippen molar-refractivity contribution in [2.45, 2.75) is 156 Å². The van der Waals surface area contributed by atoms with E-state index in [2.05, 4.69) is 56.2 Å². The fraction of sp³-hybridized carbons (Fsp3) is 0.577. The highest BCUT2D eigenvalue weighted by Crippen LogP contribution is 2.81. The molecular weight excluding hydrogens is 821 g/mol. The first-order chi connectivity index (χ1) is 30.7. The number of hydrogen-bond donors (Lipinski definition) is 3. The average molecular weight is 877 g/mol. The third-order valence-electron chi connectivity index (χ3n) is 20.3. The summed E-state index contributed by atoms with van der Waals surface area (Å²) < 4.78 is 13.2. The van der Waals surface area contributed by atoms with Crippen LogP contribution in [0.2, 0.25) is 0 Å². The second-order valence-electron chi connectivity index (χ2n) is 24.4. The van der Waals surface area contributed by atoms with Gasteiger partial charge in [0.25, 0.3) is 5.91 Å². The number of amides is 4. The van der Waals surface area contributed by atoms with Crippen molar-refractivity contribution in [1.82, 2.24) is 25.0 Å². The van der Waals surface area contributed by atoms with Crippen molar-refractivity contribution >= 4 is 52.4 Å². The minimum Gasteiger partial charge on any atom is -0.629 e. The molecule has 1 saturated carbocycles. The number of benzene rings is 2. The highest BCUT2D eigenvalue weighted by atomic mass is 16.5. The lowest BCUT2D eigenvalue weighted by Crippen LogP contribution is -3.11. The second-order valence-corrected chi connectivity index (χ2v) is 24.4. The summed E-state index contributed by atoms with van der Waals surface area (Å²) in [6.45, 7) is 17.7. The van der Waals surface area contributed by atoms with Crippen LogP contribution in [0.5, 0.6) is 11.5 Å². The first-order valence-electron chi connectivity index (χ1n) is 24.2. The summed E-state index contributed by atoms with van der Waals surface area (Å²) in [7, 11) is 0. The number of piperidine rings is 4. The molecule has 13 heterocycles. The number of piperazine rings is 2. The van der Waals surface area contributed by atoms with E-state index in [1.54, 1.807) is 0 Å². The Morgan fingerprint density at radius 2 is 1.38 bits per heavy atom. The zero-order valence-electron chi connectivity index (χ0n) is 38.4. The van der Waals surface area contributed by atoms with Crippen molar-refractivity contribution in [2.75, 3.05) is 13.1 Å². The van der Waals surface area contributed by atoms with Crippen molar-refractivity contribution in [3.8, 4) is 11.5 Å². The number of nitrogens with one attached hydrogen (secondary N) is 3. The van der Waals surface area contributed by atoms with Crippen molar-refractivity contribution in [3.63, 3.8) is 0 Å². The Morgan fingerprint density at radius 1 is 0.754 bits per heavy atom. The number of aromatic amines is 1. The van der Waals surface area contributed by atoms with Crippen LogP contribution < -0.4 is 19.9 Å². The first kappa shape index (κ1) is 38.0. The van der Waals surface area contributed by atoms with E-state index in [1.807, 2.05) is 72.7 Å². The van der Waals surface area contributed by atoms with Gasteiger partial charge in [-0.15, -0.1) is 0 Å². The normalized spacial score (nSPS) is 43.1. The zero-order valence-corrected chi connectivity index (χ0v) is 38.4. The number of hydrogen-bond acceptors (Lipinski definition) is 7. The maximum atomic E-state index is 16.8. The van der Waals surface area contributed by atoms with Crippen molar-refractivity contribution in [3.05, 3.63) is 69.6 Å². The molecule has 2 unspecified atom stereocenters. The Bertz CT molecular complexity index is 3000. The standard InChI is InChI=1S/C52H56N6O7/c1-44(2)19-15-25-29(64-44)13-11-27-33-36-50-28-12-14-30-26(16-20-45(3,4)65-30)35(28)58(63)38(50)47(7,8)31-23-48-17-9-21-55(48)42(61)51(31,54-40(48)59)39(50)57-41(60)49-18-10-22-56(49)43(62)52(36,57)32(24-49)46(5,6)37(33)53-34(25)27/h11-16,19-20,31-32,36,38-39,53,58H,9-10,17-18,21-24H2,1-8H3,(H,54,59)/t31-,32-,36+,38?,39-,48-,49+,50-,51+,52-/m0/s1. The van der Waals surface area contributed by atoms with E-state index in [0.29, 0.717) is 68.6 Å². The number of carbonyl (C=O) groups excluding carboxylic acids is 4. The molecule has 4 bridgehead atoms. The maximum absolute atomic E-state index is 16.8. The molecule has 3 aromatic rings. The van der Waals surface area contributed by atoms with Gasteiger partial charge in [0.1, 0.15) is 56.6 Å². The molecule has 17 rings (SSSR count). The summed E-state index contributed by atoms with van der Waals surface area (Å²) in [5.41, 5.74) is -3.69. The van der Waals surface area contributed by atoms with E-state index in [9.17, 15) is 0 Å². The van der Waals surface area contributed by atoms with Crippen LogP contribution in [0.15, 0.2) is 36.4 Å². The summed E-state index contributed by atoms with van der Waals surface area (Å²) in [5, 5.41) is 21.0. The predicted molar refractivity (Wildman–Crippen MR) is 239 cm³/mol. The smallest absolute Gasteiger partial charge is 0.251 e. The Kier molecular flexibility index (Phi) is 6.06. The van der Waals surface area contributed by atoms with E-state index in [1.165, 1.54) is 0 Å². The van der Waals surface area contributed by atoms with Crippen molar-refractivity contribution < 1.29 is 33.7 Å². The lowest BCUT2D eigenvalue weighted by molar-refractivity contribution is -0.818. The molecule has 1 aromatic heterocycles. The molecule has 2 aromatic carbocycles. The molecule has 65 heavy (non-hydrogen) atoms. The molecule has 11 atom stereocenters. The summed E-state index contributed by atoms with van der Waals surface area (Å²) in [6, 6.07) is 6.31. The third-order valence-corrected chi connectivity index (χ3v) is 20.3. The van der Waals surface area contributed by atoms with E-state index in [0.717, 1.165) is 39.0 Å². The Labute approximate surface area is 377 Å². The van der Waals surface area contributed by atoms with Gasteiger partial charge >= 0.3 is 0 Å². The topological polar surface area (TPSA) is 152 Å². The Morgan fingerprint density at radius 3 is 2.11 bits per heavy atom. The number of rotatable bonds is 0. The highest BCUT2D eigenvalue weighted by molar-refractivity contribution is 6.12. The number of quaternary nitrogens is 1. The number of hydroxylamine groups is 1. The fourth-order valence-electron chi connectivity index (χ4n) is 18.4. The summed E-state index contributed by atoms with van der Waals surface area (Å²) in [5.74, 6) is -0.899. The van der Waals surface area contributed by atoms with Crippen LogP contribution in [0.3, 0.4) is 0 Å². The van der Waals surface area contributed by atoms with Crippen molar-refractivity contribution in [1.29, 1.82) is 0 Å². The fourth-order valence-corrected chi connectivity index (χ4v) is 18.4. The van der Waals surface area contributed by atoms with Crippen LogP contribution in [0, 0.1) is 22.5 Å². The highest BCUT2D eigenvalue weighted by Gasteiger charge is 2.95. The van der Waals surface area contributed by atoms with Gasteiger partial charge in [-0.1, -0.05) is 27.7 Å². The van der Waals surface area contributed by atoms with Crippen LogP contribution in [0.25, 0.3) is 23.1 Å². The van der Waals surface area contributed by atoms with Gasteiger partial charge in [-0.25, -0.2) is 0 Å². The van der Waals surface area contributed by atoms with Crippen molar-refractivity contribution in [2.24, 2.45) is 17.3 Å². The van der Waals surface area contributed by atoms with E-state index in [4.69, 9.17) is 9.47 Å². The van der Waals surface area contributed by atoms with Gasteiger partial charge in [0, 0.05) is 63.9 Å². The average Bonchev–Trinajstić information content (AvgIpc) is 4.06. The number of nitrogens with zero attached hydrogens (tertiary/aromatic N) is 3. The van der Waals surface area contributed by atoms with Gasteiger partial charge in [-0.2, -0.15) is 0 Å². The number of ether oxygens (including phenoxy) is 2. The van der Waals surface area contributed by atoms with Gasteiger partial charge in [-0.3, -0.25) is 19.2 Å². The van der Waals surface area contributed by atoms with Gasteiger partial charge < -0.3 is 44.7 Å². The molecule has 2 aliphatic carbocycles. The molecule has 3 N–H and O–H groups in total. The van der Waals surface area contributed by atoms with Crippen LogP contribution in [0.1, 0.15) is 128 Å². The molecule has 10 fully saturated rings. The SMILES string of the molecule is CC1(C)C=Cc2c(ccc3c2[NH+]([O-])C2C(C)(C)[C@@H]4C[C@]56CCCN5C(=O)[C@]4(NC6=O)[C@H]4N5C(=O)[C@]67CCCN6C(=O)[C@]56[C@H](c5c([nH]c8c9c(ccc58)OC(C)(C)C=C9)C(C)(C)[C@@H]6C7)[C@@]324)O1. The second kappa shape index (κ2) is 10.4. The number of carbonyl (C=O) groups is 4. The van der Waals surface area contributed by atoms with Crippen LogP contribution in [-0.4, -0.2) is 102 Å². The summed E-state index contributed by atoms with van der Waals surface area (Å²) in [4.78, 5) is 74.7. The van der Waals surface area contributed by atoms with Gasteiger partial charge in [0.05, 0.1) is 22.5 Å². The summed E-state index contributed by atoms with van der Waals surface area (Å²) >= 11 is 0. The first-order valence-corrected chi connectivity index (χ1v) is 24.2. The number of aromatic nitrogens is 1. The minimum atomic E-state index is -1.63. The number of H-pyrrole nitrogens is 1. The van der Waals surface area contributed by atoms with Gasteiger partial charge in [-0.05, 0) is 120 Å². The molecule has 9 saturated heterocycles. The zero-order chi connectivity index (χ0) is 44.9. The predicted octanol–water partition coefficient (Wildman–Crippen LogP) is 4.88. The minimum absolute atomic E-state index is 0.0428. The van der Waals surface area contributed by atoms with E-state index < -0.39 is 79.4 Å². The monoisotopic (exact) mass is 876 g/mol. The molecule has 336 valence electrons. The third kappa shape index (κ3) is 3.48. The Balaban J connectivity index is 1.15. The largest absolute Gasteiger partial charge is 0.629 e. The molecule has 13 heteroatoms. The van der Waals surface area contributed by atoms with Gasteiger partial charge in [0.15, 0.2) is 0 Å². The molecule has 13 nitrogen and oxygen atoms in total. The lowest BCUT2D eigenvalue weighted by atomic mass is 9.38. The lowest BCUT2D eigenvalue weighted by Gasteiger charge is -2.71. The van der Waals surface area contributed by atoms with Crippen LogP contribution in [-0.2, 0) is 30.0 Å². The van der Waals surface area contributed by atoms with E-state index in [-0.39, 0.29) is 28.7 Å². The Hall–Kier alpha value is -5.14.